The number of rotatable bonds is 0. The minimum Gasteiger partial charge on any atom is -0.375 e. The first-order chi connectivity index (χ1) is 4.91. The molecule has 1 aliphatic heterocycles. The molecule has 2 rings (SSSR count). The molecule has 0 aromatic carbocycles. The predicted octanol–water partition coefficient (Wildman–Crippen LogP) is 2.50. The molecule has 1 nitrogen and oxygen atoms in total. The van der Waals surface area contributed by atoms with Crippen molar-refractivity contribution in [3.63, 3.8) is 0 Å². The normalized spacial score (nSPS) is 31.2. The fourth-order valence-electron chi connectivity index (χ4n) is 2.35. The van der Waals surface area contributed by atoms with Gasteiger partial charge in [-0.3, -0.25) is 0 Å². The van der Waals surface area contributed by atoms with E-state index in [2.05, 4.69) is 0 Å². The van der Waals surface area contributed by atoms with Gasteiger partial charge in [-0.05, 0) is 25.7 Å². The molecule has 10 heavy (non-hydrogen) atoms. The number of ether oxygens (including phenoxy) is 1. The summed E-state index contributed by atoms with van der Waals surface area (Å²) >= 11 is 0. The van der Waals surface area contributed by atoms with Crippen LogP contribution in [0.5, 0.6) is 0 Å². The first kappa shape index (κ1) is 6.66. The average molecular weight is 140 g/mol. The maximum absolute atomic E-state index is 5.78. The van der Waals surface area contributed by atoms with Gasteiger partial charge in [0.15, 0.2) is 0 Å². The molecule has 0 unspecified atom stereocenters. The van der Waals surface area contributed by atoms with Crippen LogP contribution in [0.1, 0.15) is 44.9 Å². The second kappa shape index (κ2) is 2.54. The minimum absolute atomic E-state index is 0.373. The third kappa shape index (κ3) is 1.07. The van der Waals surface area contributed by atoms with E-state index < -0.39 is 0 Å². The van der Waals surface area contributed by atoms with Crippen molar-refractivity contribution in [3.8, 4) is 0 Å². The van der Waals surface area contributed by atoms with E-state index >= 15 is 0 Å². The first-order valence-corrected chi connectivity index (χ1v) is 4.55. The largest absolute Gasteiger partial charge is 0.375 e. The lowest BCUT2D eigenvalue weighted by molar-refractivity contribution is -0.0243. The third-order valence-electron chi connectivity index (χ3n) is 2.95. The lowest BCUT2D eigenvalue weighted by Gasteiger charge is -2.32. The molecule has 2 fully saturated rings. The number of hydrogen-bond donors (Lipinski definition) is 0. The van der Waals surface area contributed by atoms with Crippen LogP contribution in [0.3, 0.4) is 0 Å². The monoisotopic (exact) mass is 140 g/mol. The topological polar surface area (TPSA) is 9.23 Å². The van der Waals surface area contributed by atoms with Crippen LogP contribution in [0.4, 0.5) is 0 Å². The second-order valence-corrected chi connectivity index (χ2v) is 3.70. The van der Waals surface area contributed by atoms with Gasteiger partial charge < -0.3 is 4.74 Å². The average Bonchev–Trinajstić information content (AvgIpc) is 2.39. The summed E-state index contributed by atoms with van der Waals surface area (Å²) in [6.07, 6.45) is 9.57. The Morgan fingerprint density at radius 2 is 1.50 bits per heavy atom. The van der Waals surface area contributed by atoms with Crippen LogP contribution in [0.15, 0.2) is 0 Å². The van der Waals surface area contributed by atoms with Crippen LogP contribution >= 0.6 is 0 Å². The zero-order valence-electron chi connectivity index (χ0n) is 6.57. The molecule has 0 N–H and O–H groups in total. The second-order valence-electron chi connectivity index (χ2n) is 3.70. The molecule has 0 radical (unpaired) electrons. The van der Waals surface area contributed by atoms with Crippen LogP contribution in [0.2, 0.25) is 0 Å². The first-order valence-electron chi connectivity index (χ1n) is 4.55. The van der Waals surface area contributed by atoms with Crippen molar-refractivity contribution in [2.24, 2.45) is 0 Å². The Balaban J connectivity index is 1.98. The van der Waals surface area contributed by atoms with Crippen molar-refractivity contribution in [1.82, 2.24) is 0 Å². The van der Waals surface area contributed by atoms with Gasteiger partial charge in [-0.25, -0.2) is 0 Å². The fraction of sp³-hybridized carbons (Fsp3) is 1.00. The van der Waals surface area contributed by atoms with Crippen molar-refractivity contribution < 1.29 is 4.74 Å². The molecule has 0 atom stereocenters. The maximum atomic E-state index is 5.78. The highest BCUT2D eigenvalue weighted by atomic mass is 16.5. The molecule has 1 saturated heterocycles. The predicted molar refractivity (Wildman–Crippen MR) is 41.0 cm³/mol. The van der Waals surface area contributed by atoms with E-state index in [1.165, 1.54) is 44.9 Å². The summed E-state index contributed by atoms with van der Waals surface area (Å²) in [5.41, 5.74) is 0.373. The van der Waals surface area contributed by atoms with Crippen molar-refractivity contribution in [1.29, 1.82) is 0 Å². The van der Waals surface area contributed by atoms with Crippen LogP contribution in [0, 0.1) is 0 Å². The molecule has 0 bridgehead atoms. The summed E-state index contributed by atoms with van der Waals surface area (Å²) in [6, 6.07) is 0. The Bertz CT molecular complexity index is 106. The van der Waals surface area contributed by atoms with Crippen LogP contribution in [-0.2, 0) is 4.74 Å². The van der Waals surface area contributed by atoms with Crippen LogP contribution in [-0.4, -0.2) is 12.2 Å². The Hall–Kier alpha value is -0.0400. The summed E-state index contributed by atoms with van der Waals surface area (Å²) in [6.45, 7) is 1.03. The van der Waals surface area contributed by atoms with Crippen LogP contribution < -0.4 is 0 Å². The molecule has 1 aliphatic carbocycles. The SMILES string of the molecule is C1CCC2(CC1)CCCO2. The van der Waals surface area contributed by atoms with E-state index in [1.54, 1.807) is 0 Å². The van der Waals surface area contributed by atoms with E-state index in [1.807, 2.05) is 0 Å². The zero-order chi connectivity index (χ0) is 6.86. The molecule has 1 saturated carbocycles. The molecule has 1 heterocycles. The summed E-state index contributed by atoms with van der Waals surface area (Å²) in [5.74, 6) is 0. The summed E-state index contributed by atoms with van der Waals surface area (Å²) in [7, 11) is 0. The summed E-state index contributed by atoms with van der Waals surface area (Å²) in [4.78, 5) is 0. The highest BCUT2D eigenvalue weighted by Crippen LogP contribution is 2.38. The molecule has 0 aromatic rings. The molecule has 1 heteroatoms. The van der Waals surface area contributed by atoms with Gasteiger partial charge >= 0.3 is 0 Å². The summed E-state index contributed by atoms with van der Waals surface area (Å²) < 4.78 is 5.78. The zero-order valence-corrected chi connectivity index (χ0v) is 6.57. The molecule has 1 spiro atoms. The van der Waals surface area contributed by atoms with Crippen molar-refractivity contribution in [3.05, 3.63) is 0 Å². The van der Waals surface area contributed by atoms with Crippen molar-refractivity contribution >= 4 is 0 Å². The van der Waals surface area contributed by atoms with Crippen molar-refractivity contribution in [2.75, 3.05) is 6.61 Å². The Kier molecular flexibility index (Phi) is 1.69. The Morgan fingerprint density at radius 1 is 0.800 bits per heavy atom. The summed E-state index contributed by atoms with van der Waals surface area (Å²) in [5, 5.41) is 0. The van der Waals surface area contributed by atoms with Crippen LogP contribution in [0.25, 0.3) is 0 Å². The minimum atomic E-state index is 0.373. The van der Waals surface area contributed by atoms with Gasteiger partial charge in [0.2, 0.25) is 0 Å². The molecule has 0 amide bonds. The van der Waals surface area contributed by atoms with Gasteiger partial charge in [0.1, 0.15) is 0 Å². The lowest BCUT2D eigenvalue weighted by Crippen LogP contribution is -2.29. The highest BCUT2D eigenvalue weighted by Gasteiger charge is 2.35. The molecular formula is C9H16O. The van der Waals surface area contributed by atoms with E-state index in [9.17, 15) is 0 Å². The van der Waals surface area contributed by atoms with Gasteiger partial charge in [-0.1, -0.05) is 19.3 Å². The van der Waals surface area contributed by atoms with E-state index in [0.29, 0.717) is 5.60 Å². The molecule has 2 aliphatic rings. The quantitative estimate of drug-likeness (QED) is 0.502. The van der Waals surface area contributed by atoms with E-state index in [-0.39, 0.29) is 0 Å². The Labute approximate surface area is 62.8 Å². The van der Waals surface area contributed by atoms with Gasteiger partial charge in [0.25, 0.3) is 0 Å². The Morgan fingerprint density at radius 3 is 2.10 bits per heavy atom. The molecule has 58 valence electrons. The lowest BCUT2D eigenvalue weighted by atomic mass is 9.83. The standard InChI is InChI=1S/C9H16O/c1-2-5-9(6-3-1)7-4-8-10-9/h1-8H2. The molecule has 0 aromatic heterocycles. The van der Waals surface area contributed by atoms with E-state index in [0.717, 1.165) is 6.61 Å². The van der Waals surface area contributed by atoms with Gasteiger partial charge in [0, 0.05) is 6.61 Å². The van der Waals surface area contributed by atoms with Gasteiger partial charge in [-0.2, -0.15) is 0 Å². The van der Waals surface area contributed by atoms with Gasteiger partial charge in [-0.15, -0.1) is 0 Å². The highest BCUT2D eigenvalue weighted by molar-refractivity contribution is 4.87. The number of hydrogen-bond acceptors (Lipinski definition) is 1. The van der Waals surface area contributed by atoms with Crippen molar-refractivity contribution in [2.45, 2.75) is 50.5 Å². The fourth-order valence-corrected chi connectivity index (χ4v) is 2.35. The maximum Gasteiger partial charge on any atom is 0.0683 e. The smallest absolute Gasteiger partial charge is 0.0683 e. The van der Waals surface area contributed by atoms with E-state index in [4.69, 9.17) is 4.74 Å². The molecular weight excluding hydrogens is 124 g/mol. The third-order valence-corrected chi connectivity index (χ3v) is 2.95. The van der Waals surface area contributed by atoms with Gasteiger partial charge in [0.05, 0.1) is 5.60 Å².